The number of carbonyl (C=O) groups is 2. The van der Waals surface area contributed by atoms with Gasteiger partial charge in [-0.15, -0.1) is 0 Å². The molecule has 0 radical (unpaired) electrons. The molecule has 4 heteroatoms. The smallest absolute Gasteiger partial charge is 0.337 e. The van der Waals surface area contributed by atoms with Gasteiger partial charge in [0.2, 0.25) is 0 Å². The highest BCUT2D eigenvalue weighted by atomic mass is 16.5. The number of methoxy groups -OCH3 is 1. The van der Waals surface area contributed by atoms with Crippen molar-refractivity contribution in [3.05, 3.63) is 77.4 Å². The average molecular weight is 319 g/mol. The van der Waals surface area contributed by atoms with Gasteiger partial charge in [0.1, 0.15) is 0 Å². The number of fused-ring (bicyclic) bond motifs is 1. The number of rotatable bonds is 3. The molecule has 120 valence electrons. The summed E-state index contributed by atoms with van der Waals surface area (Å²) in [5, 5.41) is 4.95. The Morgan fingerprint density at radius 3 is 2.33 bits per heavy atom. The van der Waals surface area contributed by atoms with Gasteiger partial charge in [-0.2, -0.15) is 0 Å². The molecule has 0 aliphatic carbocycles. The number of carbonyl (C=O) groups excluding carboxylic acids is 2. The summed E-state index contributed by atoms with van der Waals surface area (Å²) >= 11 is 0. The minimum Gasteiger partial charge on any atom is -0.465 e. The van der Waals surface area contributed by atoms with E-state index in [9.17, 15) is 9.59 Å². The van der Waals surface area contributed by atoms with Crippen LogP contribution in [0.5, 0.6) is 0 Å². The van der Waals surface area contributed by atoms with Gasteiger partial charge < -0.3 is 10.1 Å². The van der Waals surface area contributed by atoms with Crippen molar-refractivity contribution in [1.29, 1.82) is 0 Å². The highest BCUT2D eigenvalue weighted by Crippen LogP contribution is 2.20. The maximum absolute atomic E-state index is 12.5. The maximum atomic E-state index is 12.5. The molecule has 3 aromatic rings. The summed E-state index contributed by atoms with van der Waals surface area (Å²) in [5.41, 5.74) is 2.43. The molecule has 1 N–H and O–H groups in total. The Morgan fingerprint density at radius 2 is 1.58 bits per heavy atom. The SMILES string of the molecule is COC(=O)c1ccc(C)c(NC(=O)c2ccc3ccccc3c2)c1. The van der Waals surface area contributed by atoms with Crippen LogP contribution in [0, 0.1) is 6.92 Å². The normalized spacial score (nSPS) is 10.4. The molecule has 0 bridgehead atoms. The van der Waals surface area contributed by atoms with E-state index in [1.807, 2.05) is 43.3 Å². The highest BCUT2D eigenvalue weighted by Gasteiger charge is 2.12. The van der Waals surface area contributed by atoms with Gasteiger partial charge in [-0.05, 0) is 47.5 Å². The van der Waals surface area contributed by atoms with Crippen LogP contribution in [-0.4, -0.2) is 19.0 Å². The van der Waals surface area contributed by atoms with Gasteiger partial charge in [0.25, 0.3) is 5.91 Å². The van der Waals surface area contributed by atoms with Crippen molar-refractivity contribution >= 4 is 28.3 Å². The Kier molecular flexibility index (Phi) is 4.29. The lowest BCUT2D eigenvalue weighted by Gasteiger charge is -2.10. The zero-order valence-electron chi connectivity index (χ0n) is 13.5. The zero-order chi connectivity index (χ0) is 17.1. The molecule has 3 aromatic carbocycles. The van der Waals surface area contributed by atoms with Crippen molar-refractivity contribution in [2.24, 2.45) is 0 Å². The van der Waals surface area contributed by atoms with Gasteiger partial charge in [-0.3, -0.25) is 4.79 Å². The third-order valence-electron chi connectivity index (χ3n) is 3.92. The molecule has 0 fully saturated rings. The second kappa shape index (κ2) is 6.54. The number of amides is 1. The molecule has 3 rings (SSSR count). The fourth-order valence-electron chi connectivity index (χ4n) is 2.53. The first kappa shape index (κ1) is 15.7. The second-order valence-electron chi connectivity index (χ2n) is 5.54. The van der Waals surface area contributed by atoms with Gasteiger partial charge in [0.05, 0.1) is 12.7 Å². The minimum atomic E-state index is -0.434. The second-order valence-corrected chi connectivity index (χ2v) is 5.54. The Labute approximate surface area is 140 Å². The third-order valence-corrected chi connectivity index (χ3v) is 3.92. The van der Waals surface area contributed by atoms with Gasteiger partial charge in [-0.25, -0.2) is 4.79 Å². The summed E-state index contributed by atoms with van der Waals surface area (Å²) in [5.74, 6) is -0.651. The van der Waals surface area contributed by atoms with Gasteiger partial charge in [0, 0.05) is 11.3 Å². The van der Waals surface area contributed by atoms with Crippen molar-refractivity contribution < 1.29 is 14.3 Å². The van der Waals surface area contributed by atoms with Crippen LogP contribution in [0.4, 0.5) is 5.69 Å². The van der Waals surface area contributed by atoms with Crippen molar-refractivity contribution in [2.75, 3.05) is 12.4 Å². The first-order chi connectivity index (χ1) is 11.6. The predicted octanol–water partition coefficient (Wildman–Crippen LogP) is 4.19. The Bertz CT molecular complexity index is 931. The van der Waals surface area contributed by atoms with E-state index in [1.165, 1.54) is 7.11 Å². The molecule has 0 aliphatic heterocycles. The first-order valence-electron chi connectivity index (χ1n) is 7.57. The predicted molar refractivity (Wildman–Crippen MR) is 94.4 cm³/mol. The van der Waals surface area contributed by atoms with Crippen molar-refractivity contribution in [1.82, 2.24) is 0 Å². The highest BCUT2D eigenvalue weighted by molar-refractivity contribution is 6.07. The lowest BCUT2D eigenvalue weighted by Crippen LogP contribution is -2.13. The number of nitrogens with one attached hydrogen (secondary N) is 1. The Morgan fingerprint density at radius 1 is 0.875 bits per heavy atom. The maximum Gasteiger partial charge on any atom is 0.337 e. The number of aryl methyl sites for hydroxylation is 1. The van der Waals surface area contributed by atoms with Crippen LogP contribution in [0.1, 0.15) is 26.3 Å². The molecule has 0 saturated heterocycles. The molecule has 0 atom stereocenters. The lowest BCUT2D eigenvalue weighted by molar-refractivity contribution is 0.0600. The minimum absolute atomic E-state index is 0.217. The number of hydrogen-bond donors (Lipinski definition) is 1. The lowest BCUT2D eigenvalue weighted by atomic mass is 10.1. The summed E-state index contributed by atoms with van der Waals surface area (Å²) in [6.07, 6.45) is 0. The van der Waals surface area contributed by atoms with Crippen LogP contribution in [0.25, 0.3) is 10.8 Å². The quantitative estimate of drug-likeness (QED) is 0.737. The average Bonchev–Trinajstić information content (AvgIpc) is 2.62. The van der Waals surface area contributed by atoms with Crippen LogP contribution < -0.4 is 5.32 Å². The molecule has 0 aliphatic rings. The molecular formula is C20H17NO3. The van der Waals surface area contributed by atoms with E-state index in [2.05, 4.69) is 5.32 Å². The molecule has 0 saturated carbocycles. The third kappa shape index (κ3) is 3.13. The summed E-state index contributed by atoms with van der Waals surface area (Å²) in [4.78, 5) is 24.2. The molecule has 24 heavy (non-hydrogen) atoms. The Balaban J connectivity index is 1.89. The van der Waals surface area contributed by atoms with E-state index in [0.29, 0.717) is 16.8 Å². The van der Waals surface area contributed by atoms with Crippen LogP contribution in [0.15, 0.2) is 60.7 Å². The van der Waals surface area contributed by atoms with Crippen LogP contribution in [-0.2, 0) is 4.74 Å². The van der Waals surface area contributed by atoms with Gasteiger partial charge >= 0.3 is 5.97 Å². The molecule has 1 amide bonds. The number of benzene rings is 3. The molecule has 0 unspecified atom stereocenters. The van der Waals surface area contributed by atoms with Crippen LogP contribution in [0.3, 0.4) is 0 Å². The van der Waals surface area contributed by atoms with E-state index in [1.54, 1.807) is 24.3 Å². The summed E-state index contributed by atoms with van der Waals surface area (Å²) in [6.45, 7) is 1.87. The topological polar surface area (TPSA) is 55.4 Å². The summed E-state index contributed by atoms with van der Waals surface area (Å²) in [7, 11) is 1.33. The monoisotopic (exact) mass is 319 g/mol. The number of esters is 1. The van der Waals surface area contributed by atoms with E-state index in [4.69, 9.17) is 4.74 Å². The zero-order valence-corrected chi connectivity index (χ0v) is 13.5. The first-order valence-corrected chi connectivity index (χ1v) is 7.57. The molecule has 0 spiro atoms. The fourth-order valence-corrected chi connectivity index (χ4v) is 2.53. The van der Waals surface area contributed by atoms with Crippen LogP contribution >= 0.6 is 0 Å². The Hall–Kier alpha value is -3.14. The molecule has 0 heterocycles. The van der Waals surface area contributed by atoms with E-state index in [-0.39, 0.29) is 5.91 Å². The van der Waals surface area contributed by atoms with E-state index < -0.39 is 5.97 Å². The largest absolute Gasteiger partial charge is 0.465 e. The number of hydrogen-bond acceptors (Lipinski definition) is 3. The van der Waals surface area contributed by atoms with E-state index >= 15 is 0 Å². The van der Waals surface area contributed by atoms with Crippen molar-refractivity contribution in [3.63, 3.8) is 0 Å². The summed E-state index contributed by atoms with van der Waals surface area (Å²) in [6, 6.07) is 18.5. The van der Waals surface area contributed by atoms with Crippen LogP contribution in [0.2, 0.25) is 0 Å². The molecule has 4 nitrogen and oxygen atoms in total. The van der Waals surface area contributed by atoms with Gasteiger partial charge in [0.15, 0.2) is 0 Å². The van der Waals surface area contributed by atoms with Crippen molar-refractivity contribution in [3.8, 4) is 0 Å². The van der Waals surface area contributed by atoms with E-state index in [0.717, 1.165) is 16.3 Å². The molecule has 0 aromatic heterocycles. The molecular weight excluding hydrogens is 302 g/mol. The standard InChI is InChI=1S/C20H17NO3/c1-13-7-8-17(20(23)24-2)12-18(13)21-19(22)16-10-9-14-5-3-4-6-15(14)11-16/h3-12H,1-2H3,(H,21,22). The van der Waals surface area contributed by atoms with Gasteiger partial charge in [-0.1, -0.05) is 36.4 Å². The fraction of sp³-hybridized carbons (Fsp3) is 0.100. The van der Waals surface area contributed by atoms with Crippen molar-refractivity contribution in [2.45, 2.75) is 6.92 Å². The number of ether oxygens (including phenoxy) is 1. The summed E-state index contributed by atoms with van der Waals surface area (Å²) < 4.78 is 4.72. The number of anilines is 1.